The summed E-state index contributed by atoms with van der Waals surface area (Å²) in [6, 6.07) is 11.1. The maximum atomic E-state index is 11.7. The molecule has 1 amide bonds. The molecule has 1 aromatic heterocycles. The van der Waals surface area contributed by atoms with Gasteiger partial charge in [0.05, 0.1) is 17.7 Å². The van der Waals surface area contributed by atoms with E-state index in [0.29, 0.717) is 11.5 Å². The van der Waals surface area contributed by atoms with Crippen molar-refractivity contribution in [3.05, 3.63) is 52.2 Å². The SMILES string of the molecule is CCOc1ccccc1C=NNC(=O)c1cccs1. The number of hydrogen-bond acceptors (Lipinski definition) is 4. The van der Waals surface area contributed by atoms with Crippen molar-refractivity contribution in [3.63, 3.8) is 0 Å². The molecule has 98 valence electrons. The van der Waals surface area contributed by atoms with E-state index in [2.05, 4.69) is 10.5 Å². The number of nitrogens with zero attached hydrogens (tertiary/aromatic N) is 1. The minimum Gasteiger partial charge on any atom is -0.493 e. The van der Waals surface area contributed by atoms with Gasteiger partial charge < -0.3 is 4.74 Å². The molecule has 0 aliphatic heterocycles. The summed E-state index contributed by atoms with van der Waals surface area (Å²) in [4.78, 5) is 12.3. The fourth-order valence-electron chi connectivity index (χ4n) is 1.50. The molecule has 0 unspecified atom stereocenters. The monoisotopic (exact) mass is 274 g/mol. The Morgan fingerprint density at radius 1 is 1.37 bits per heavy atom. The third-order valence-electron chi connectivity index (χ3n) is 2.33. The van der Waals surface area contributed by atoms with Crippen LogP contribution in [0.25, 0.3) is 0 Å². The van der Waals surface area contributed by atoms with E-state index in [1.807, 2.05) is 42.6 Å². The number of carbonyl (C=O) groups is 1. The quantitative estimate of drug-likeness (QED) is 0.673. The number of carbonyl (C=O) groups excluding carboxylic acids is 1. The predicted octanol–water partition coefficient (Wildman–Crippen LogP) is 2.91. The zero-order valence-corrected chi connectivity index (χ0v) is 11.3. The van der Waals surface area contributed by atoms with E-state index in [0.717, 1.165) is 11.3 Å². The van der Waals surface area contributed by atoms with Gasteiger partial charge in [0.1, 0.15) is 5.75 Å². The van der Waals surface area contributed by atoms with E-state index in [1.165, 1.54) is 11.3 Å². The molecule has 4 nitrogen and oxygen atoms in total. The predicted molar refractivity (Wildman–Crippen MR) is 77.0 cm³/mol. The van der Waals surface area contributed by atoms with E-state index < -0.39 is 0 Å². The molecule has 0 atom stereocenters. The minimum atomic E-state index is -0.208. The summed E-state index contributed by atoms with van der Waals surface area (Å²) in [5, 5.41) is 5.79. The molecule has 0 spiro atoms. The van der Waals surface area contributed by atoms with Crippen LogP contribution >= 0.6 is 11.3 Å². The van der Waals surface area contributed by atoms with E-state index in [1.54, 1.807) is 12.3 Å². The van der Waals surface area contributed by atoms with E-state index in [-0.39, 0.29) is 5.91 Å². The second-order valence-corrected chi connectivity index (χ2v) is 4.59. The summed E-state index contributed by atoms with van der Waals surface area (Å²) in [7, 11) is 0. The molecule has 0 saturated carbocycles. The number of para-hydroxylation sites is 1. The Kier molecular flexibility index (Phi) is 4.69. The Morgan fingerprint density at radius 2 is 2.21 bits per heavy atom. The largest absolute Gasteiger partial charge is 0.493 e. The first-order chi connectivity index (χ1) is 9.31. The first-order valence-corrected chi connectivity index (χ1v) is 6.78. The van der Waals surface area contributed by atoms with Gasteiger partial charge in [-0.2, -0.15) is 5.10 Å². The number of amides is 1. The second-order valence-electron chi connectivity index (χ2n) is 3.65. The van der Waals surface area contributed by atoms with Gasteiger partial charge in [0.25, 0.3) is 5.91 Å². The van der Waals surface area contributed by atoms with Crippen LogP contribution in [0.15, 0.2) is 46.9 Å². The van der Waals surface area contributed by atoms with Crippen LogP contribution < -0.4 is 10.2 Å². The molecular weight excluding hydrogens is 260 g/mol. The highest BCUT2D eigenvalue weighted by atomic mass is 32.1. The molecule has 5 heteroatoms. The Bertz CT molecular complexity index is 565. The highest BCUT2D eigenvalue weighted by Gasteiger charge is 2.04. The molecule has 0 aliphatic rings. The normalized spacial score (nSPS) is 10.6. The smallest absolute Gasteiger partial charge is 0.281 e. The zero-order chi connectivity index (χ0) is 13.5. The molecule has 1 N–H and O–H groups in total. The Labute approximate surface area is 115 Å². The molecule has 0 fully saturated rings. The van der Waals surface area contributed by atoms with Crippen LogP contribution in [0.1, 0.15) is 22.2 Å². The standard InChI is InChI=1S/C14H14N2O2S/c1-2-18-12-7-4-3-6-11(12)10-15-16-14(17)13-8-5-9-19-13/h3-10H,2H2,1H3,(H,16,17). The van der Waals surface area contributed by atoms with Crippen LogP contribution in [0.3, 0.4) is 0 Å². The van der Waals surface area contributed by atoms with Gasteiger partial charge in [0.2, 0.25) is 0 Å². The number of benzene rings is 1. The first kappa shape index (κ1) is 13.3. The molecule has 1 heterocycles. The number of rotatable bonds is 5. The number of nitrogens with one attached hydrogen (secondary N) is 1. The van der Waals surface area contributed by atoms with Crippen LogP contribution in [0.5, 0.6) is 5.75 Å². The fraction of sp³-hybridized carbons (Fsp3) is 0.143. The van der Waals surface area contributed by atoms with Gasteiger partial charge in [0.15, 0.2) is 0 Å². The van der Waals surface area contributed by atoms with Crippen molar-refractivity contribution in [2.75, 3.05) is 6.61 Å². The molecule has 19 heavy (non-hydrogen) atoms. The number of ether oxygens (including phenoxy) is 1. The lowest BCUT2D eigenvalue weighted by Crippen LogP contribution is -2.16. The molecule has 0 bridgehead atoms. The van der Waals surface area contributed by atoms with Crippen molar-refractivity contribution in [1.82, 2.24) is 5.43 Å². The molecular formula is C14H14N2O2S. The van der Waals surface area contributed by atoms with Crippen LogP contribution in [0, 0.1) is 0 Å². The van der Waals surface area contributed by atoms with Gasteiger partial charge in [-0.1, -0.05) is 18.2 Å². The third kappa shape index (κ3) is 3.66. The Hall–Kier alpha value is -2.14. The van der Waals surface area contributed by atoms with Crippen LogP contribution in [-0.4, -0.2) is 18.7 Å². The summed E-state index contributed by atoms with van der Waals surface area (Å²) in [5.74, 6) is 0.541. The van der Waals surface area contributed by atoms with Crippen LogP contribution in [0.2, 0.25) is 0 Å². The van der Waals surface area contributed by atoms with Crippen LogP contribution in [0.4, 0.5) is 0 Å². The van der Waals surface area contributed by atoms with Gasteiger partial charge in [-0.05, 0) is 30.5 Å². The molecule has 1 aromatic carbocycles. The van der Waals surface area contributed by atoms with Gasteiger partial charge in [-0.3, -0.25) is 4.79 Å². The molecule has 2 rings (SSSR count). The summed E-state index contributed by atoms with van der Waals surface area (Å²) in [6.45, 7) is 2.51. The number of thiophene rings is 1. The maximum absolute atomic E-state index is 11.7. The van der Waals surface area contributed by atoms with Gasteiger partial charge in [0, 0.05) is 5.56 Å². The van der Waals surface area contributed by atoms with E-state index in [9.17, 15) is 4.79 Å². The van der Waals surface area contributed by atoms with Crippen molar-refractivity contribution in [3.8, 4) is 5.75 Å². The molecule has 2 aromatic rings. The lowest BCUT2D eigenvalue weighted by molar-refractivity contribution is 0.0959. The summed E-state index contributed by atoms with van der Waals surface area (Å²) in [6.07, 6.45) is 1.58. The number of hydrogen-bond donors (Lipinski definition) is 1. The molecule has 0 saturated heterocycles. The lowest BCUT2D eigenvalue weighted by Gasteiger charge is -2.05. The summed E-state index contributed by atoms with van der Waals surface area (Å²) >= 11 is 1.38. The number of hydrazone groups is 1. The maximum Gasteiger partial charge on any atom is 0.281 e. The fourth-order valence-corrected chi connectivity index (χ4v) is 2.11. The Balaban J connectivity index is 2.01. The lowest BCUT2D eigenvalue weighted by atomic mass is 10.2. The third-order valence-corrected chi connectivity index (χ3v) is 3.20. The van der Waals surface area contributed by atoms with Gasteiger partial charge in [-0.15, -0.1) is 11.3 Å². The van der Waals surface area contributed by atoms with Crippen molar-refractivity contribution >= 4 is 23.5 Å². The van der Waals surface area contributed by atoms with Crippen molar-refractivity contribution in [1.29, 1.82) is 0 Å². The first-order valence-electron chi connectivity index (χ1n) is 5.90. The van der Waals surface area contributed by atoms with E-state index in [4.69, 9.17) is 4.74 Å². The zero-order valence-electron chi connectivity index (χ0n) is 10.5. The van der Waals surface area contributed by atoms with Gasteiger partial charge >= 0.3 is 0 Å². The van der Waals surface area contributed by atoms with Crippen LogP contribution in [-0.2, 0) is 0 Å². The highest BCUT2D eigenvalue weighted by molar-refractivity contribution is 7.12. The van der Waals surface area contributed by atoms with Crippen molar-refractivity contribution < 1.29 is 9.53 Å². The average Bonchev–Trinajstić information content (AvgIpc) is 2.95. The van der Waals surface area contributed by atoms with Crippen molar-refractivity contribution in [2.24, 2.45) is 5.10 Å². The van der Waals surface area contributed by atoms with Gasteiger partial charge in [-0.25, -0.2) is 5.43 Å². The minimum absolute atomic E-state index is 0.208. The molecule has 0 aliphatic carbocycles. The average molecular weight is 274 g/mol. The summed E-state index contributed by atoms with van der Waals surface area (Å²) in [5.41, 5.74) is 3.32. The summed E-state index contributed by atoms with van der Waals surface area (Å²) < 4.78 is 5.46. The second kappa shape index (κ2) is 6.70. The Morgan fingerprint density at radius 3 is 2.95 bits per heavy atom. The van der Waals surface area contributed by atoms with E-state index >= 15 is 0 Å². The molecule has 0 radical (unpaired) electrons. The highest BCUT2D eigenvalue weighted by Crippen LogP contribution is 2.15. The van der Waals surface area contributed by atoms with Crippen molar-refractivity contribution in [2.45, 2.75) is 6.92 Å². The topological polar surface area (TPSA) is 50.7 Å².